The van der Waals surface area contributed by atoms with Crippen molar-refractivity contribution in [2.75, 3.05) is 5.32 Å². The Balaban J connectivity index is 1.48. The number of fused-ring (bicyclic) bond motifs is 4. The molecule has 2 N–H and O–H groups in total. The highest BCUT2D eigenvalue weighted by atomic mass is 19.1. The Morgan fingerprint density at radius 2 is 2.03 bits per heavy atom. The monoisotopic (exact) mass is 397 g/mol. The quantitative estimate of drug-likeness (QED) is 0.542. The largest absolute Gasteiger partial charge is 0.480 e. The van der Waals surface area contributed by atoms with E-state index >= 15 is 0 Å². The zero-order valence-corrected chi connectivity index (χ0v) is 15.3. The second-order valence-corrected chi connectivity index (χ2v) is 7.28. The molecule has 29 heavy (non-hydrogen) atoms. The summed E-state index contributed by atoms with van der Waals surface area (Å²) in [6.07, 6.45) is 1.96. The van der Waals surface area contributed by atoms with Crippen molar-refractivity contribution in [1.29, 1.82) is 0 Å². The minimum atomic E-state index is -0.937. The Labute approximate surface area is 163 Å². The van der Waals surface area contributed by atoms with Gasteiger partial charge in [0.25, 0.3) is 6.01 Å². The second-order valence-electron chi connectivity index (χ2n) is 7.28. The number of aromatic nitrogens is 2. The first-order chi connectivity index (χ1) is 14.0. The van der Waals surface area contributed by atoms with Crippen molar-refractivity contribution in [3.05, 3.63) is 59.3 Å². The molecule has 8 heteroatoms. The van der Waals surface area contributed by atoms with Gasteiger partial charge in [0.1, 0.15) is 23.7 Å². The first-order valence-corrected chi connectivity index (χ1v) is 9.32. The van der Waals surface area contributed by atoms with Crippen LogP contribution in [0.3, 0.4) is 0 Å². The fourth-order valence-electron chi connectivity index (χ4n) is 4.20. The number of anilines is 1. The highest BCUT2D eigenvalue weighted by Gasteiger charge is 2.27. The molecule has 2 heterocycles. The molecule has 1 aliphatic carbocycles. The van der Waals surface area contributed by atoms with E-state index in [4.69, 9.17) is 4.42 Å². The number of rotatable bonds is 4. The van der Waals surface area contributed by atoms with Gasteiger partial charge in [0.2, 0.25) is 0 Å². The van der Waals surface area contributed by atoms with Crippen molar-refractivity contribution in [1.82, 2.24) is 9.55 Å². The van der Waals surface area contributed by atoms with E-state index in [2.05, 4.69) is 10.3 Å². The van der Waals surface area contributed by atoms with E-state index in [0.717, 1.165) is 28.6 Å². The van der Waals surface area contributed by atoms with Crippen LogP contribution < -0.4 is 5.32 Å². The minimum Gasteiger partial charge on any atom is -0.480 e. The summed E-state index contributed by atoms with van der Waals surface area (Å²) in [5.74, 6) is -1.69. The number of nitrogens with zero attached hydrogens (tertiary/aromatic N) is 2. The number of hydrogen-bond donors (Lipinski definition) is 2. The van der Waals surface area contributed by atoms with Gasteiger partial charge in [-0.2, -0.15) is 4.98 Å². The standard InChI is InChI=1S/C21H17F2N3O3/c22-11-2-5-17-14(7-11)15-9-13(3-6-18(15)26(17)10-20(27)28)24-21-25-16-4-1-12(23)8-19(16)29-21/h1-2,4-5,7-8,13H,3,6,9-10H2,(H,24,25)(H,27,28). The van der Waals surface area contributed by atoms with E-state index < -0.39 is 11.8 Å². The number of hydrogen-bond acceptors (Lipinski definition) is 4. The molecule has 1 unspecified atom stereocenters. The zero-order chi connectivity index (χ0) is 20.1. The van der Waals surface area contributed by atoms with Crippen molar-refractivity contribution in [3.63, 3.8) is 0 Å². The molecule has 1 aliphatic rings. The summed E-state index contributed by atoms with van der Waals surface area (Å²) in [6.45, 7) is -0.160. The Bertz CT molecular complexity index is 1260. The van der Waals surface area contributed by atoms with Crippen molar-refractivity contribution in [2.45, 2.75) is 31.8 Å². The van der Waals surface area contributed by atoms with Crippen molar-refractivity contribution in [2.24, 2.45) is 0 Å². The molecular formula is C21H17F2N3O3. The van der Waals surface area contributed by atoms with E-state index in [0.29, 0.717) is 30.0 Å². The second kappa shape index (κ2) is 6.58. The summed E-state index contributed by atoms with van der Waals surface area (Å²) < 4.78 is 34.6. The van der Waals surface area contributed by atoms with Crippen molar-refractivity contribution in [3.8, 4) is 0 Å². The third kappa shape index (κ3) is 3.10. The lowest BCUT2D eigenvalue weighted by Crippen LogP contribution is -2.28. The molecule has 1 atom stereocenters. The maximum absolute atomic E-state index is 13.9. The molecule has 0 aliphatic heterocycles. The number of oxazole rings is 1. The molecule has 6 nitrogen and oxygen atoms in total. The molecule has 0 fully saturated rings. The molecule has 0 spiro atoms. The van der Waals surface area contributed by atoms with E-state index in [1.54, 1.807) is 16.7 Å². The van der Waals surface area contributed by atoms with Gasteiger partial charge in [0.05, 0.1) is 0 Å². The molecule has 0 amide bonds. The summed E-state index contributed by atoms with van der Waals surface area (Å²) in [5, 5.41) is 13.3. The van der Waals surface area contributed by atoms with Gasteiger partial charge in [-0.25, -0.2) is 8.78 Å². The normalized spacial score (nSPS) is 16.3. The number of halogens is 2. The van der Waals surface area contributed by atoms with Crippen molar-refractivity contribution < 1.29 is 23.1 Å². The number of nitrogens with one attached hydrogen (secondary N) is 1. The van der Waals surface area contributed by atoms with E-state index in [9.17, 15) is 18.7 Å². The lowest BCUT2D eigenvalue weighted by atomic mass is 9.91. The van der Waals surface area contributed by atoms with E-state index in [-0.39, 0.29) is 18.4 Å². The van der Waals surface area contributed by atoms with Crippen LogP contribution in [0.15, 0.2) is 40.8 Å². The molecule has 0 radical (unpaired) electrons. The van der Waals surface area contributed by atoms with Gasteiger partial charge in [-0.1, -0.05) is 0 Å². The Morgan fingerprint density at radius 3 is 2.86 bits per heavy atom. The lowest BCUT2D eigenvalue weighted by Gasteiger charge is -2.24. The molecule has 5 rings (SSSR count). The summed E-state index contributed by atoms with van der Waals surface area (Å²) >= 11 is 0. The van der Waals surface area contributed by atoms with Crippen LogP contribution in [0.5, 0.6) is 0 Å². The molecule has 148 valence electrons. The Morgan fingerprint density at radius 1 is 1.24 bits per heavy atom. The number of carboxylic acid groups (broad SMARTS) is 1. The van der Waals surface area contributed by atoms with Crippen LogP contribution in [-0.2, 0) is 24.2 Å². The maximum Gasteiger partial charge on any atom is 0.323 e. The highest BCUT2D eigenvalue weighted by Crippen LogP contribution is 2.34. The SMILES string of the molecule is O=C(O)Cn1c2c(c3cc(F)ccc31)CC(Nc1nc3ccc(F)cc3o1)CC2. The maximum atomic E-state index is 13.9. The van der Waals surface area contributed by atoms with Gasteiger partial charge in [-0.3, -0.25) is 4.79 Å². The Hall–Kier alpha value is -3.42. The summed E-state index contributed by atoms with van der Waals surface area (Å²) in [5.41, 5.74) is 3.50. The van der Waals surface area contributed by atoms with Gasteiger partial charge in [0.15, 0.2) is 5.58 Å². The van der Waals surface area contributed by atoms with Gasteiger partial charge >= 0.3 is 5.97 Å². The van der Waals surface area contributed by atoms with Crippen LogP contribution in [0.2, 0.25) is 0 Å². The molecule has 2 aromatic carbocycles. The van der Waals surface area contributed by atoms with Crippen LogP contribution in [-0.4, -0.2) is 26.7 Å². The third-order valence-electron chi connectivity index (χ3n) is 5.40. The third-order valence-corrected chi connectivity index (χ3v) is 5.40. The van der Waals surface area contributed by atoms with Crippen molar-refractivity contribution >= 4 is 34.0 Å². The number of benzene rings is 2. The average molecular weight is 397 g/mol. The van der Waals surface area contributed by atoms with Crippen LogP contribution >= 0.6 is 0 Å². The first kappa shape index (κ1) is 17.7. The van der Waals surface area contributed by atoms with E-state index in [1.165, 1.54) is 24.3 Å². The van der Waals surface area contributed by atoms with Gasteiger partial charge in [-0.05, 0) is 55.2 Å². The molecule has 0 saturated carbocycles. The van der Waals surface area contributed by atoms with E-state index in [1.807, 2.05) is 0 Å². The van der Waals surface area contributed by atoms with Gasteiger partial charge in [-0.15, -0.1) is 0 Å². The molecule has 0 saturated heterocycles. The van der Waals surface area contributed by atoms with Gasteiger partial charge in [0, 0.05) is 28.7 Å². The predicted octanol–water partition coefficient (Wildman–Crippen LogP) is 4.11. The molecule has 0 bridgehead atoms. The predicted molar refractivity (Wildman–Crippen MR) is 103 cm³/mol. The topological polar surface area (TPSA) is 80.3 Å². The number of carbonyl (C=O) groups is 1. The average Bonchev–Trinajstić information content (AvgIpc) is 3.19. The van der Waals surface area contributed by atoms with Crippen LogP contribution in [0.4, 0.5) is 14.8 Å². The molecular weight excluding hydrogens is 380 g/mol. The lowest BCUT2D eigenvalue weighted by molar-refractivity contribution is -0.137. The number of aliphatic carboxylic acids is 1. The summed E-state index contributed by atoms with van der Waals surface area (Å²) in [6, 6.07) is 8.88. The van der Waals surface area contributed by atoms with Crippen LogP contribution in [0.25, 0.3) is 22.0 Å². The fraction of sp³-hybridized carbons (Fsp3) is 0.238. The first-order valence-electron chi connectivity index (χ1n) is 9.32. The Kier molecular flexibility index (Phi) is 4.01. The molecule has 2 aromatic heterocycles. The smallest absolute Gasteiger partial charge is 0.323 e. The van der Waals surface area contributed by atoms with Crippen LogP contribution in [0.1, 0.15) is 17.7 Å². The molecule has 4 aromatic rings. The van der Waals surface area contributed by atoms with Gasteiger partial charge < -0.3 is 19.4 Å². The zero-order valence-electron chi connectivity index (χ0n) is 15.3. The highest BCUT2D eigenvalue weighted by molar-refractivity contribution is 5.87. The summed E-state index contributed by atoms with van der Waals surface area (Å²) in [7, 11) is 0. The van der Waals surface area contributed by atoms with Crippen LogP contribution in [0, 0.1) is 11.6 Å². The fourth-order valence-corrected chi connectivity index (χ4v) is 4.20. The minimum absolute atomic E-state index is 0.0208. The number of carboxylic acids is 1. The summed E-state index contributed by atoms with van der Waals surface area (Å²) in [4.78, 5) is 15.7.